The Morgan fingerprint density at radius 3 is 2.52 bits per heavy atom. The fourth-order valence-electron chi connectivity index (χ4n) is 2.20. The number of amides is 1. The summed E-state index contributed by atoms with van der Waals surface area (Å²) in [4.78, 5) is 21.5. The minimum atomic E-state index is -0.201. The lowest BCUT2D eigenvalue weighted by atomic mass is 9.87. The molecule has 0 aliphatic carbocycles. The molecule has 2 aromatic heterocycles. The van der Waals surface area contributed by atoms with Crippen LogP contribution in [0.4, 0.5) is 5.82 Å². The highest BCUT2D eigenvalue weighted by Crippen LogP contribution is 2.24. The van der Waals surface area contributed by atoms with Crippen LogP contribution in [0.3, 0.4) is 0 Å². The summed E-state index contributed by atoms with van der Waals surface area (Å²) < 4.78 is 0. The Hall–Kier alpha value is -2.47. The second-order valence-corrected chi connectivity index (χ2v) is 7.16. The number of hydrazine groups is 1. The molecular weight excluding hydrogens is 308 g/mol. The molecule has 0 bridgehead atoms. The molecule has 1 amide bonds. The minimum Gasteiger partial charge on any atom is -0.281 e. The molecule has 0 fully saturated rings. The van der Waals surface area contributed by atoms with Gasteiger partial charge in [0.1, 0.15) is 11.2 Å². The van der Waals surface area contributed by atoms with Gasteiger partial charge in [-0.05, 0) is 34.6 Å². The zero-order chi connectivity index (χ0) is 16.4. The van der Waals surface area contributed by atoms with Gasteiger partial charge in [-0.2, -0.15) is 0 Å². The predicted molar refractivity (Wildman–Crippen MR) is 93.6 cm³/mol. The standard InChI is InChI=1S/C17H18N4OS/c1-17(2,3)12-6-4-11(5-7-12)15(22)21-20-14-13-8-9-23-16(13)19-10-18-14/h4-10H,1-3H3,(H,21,22)(H,18,19,20). The molecule has 0 saturated carbocycles. The largest absolute Gasteiger partial charge is 0.281 e. The highest BCUT2D eigenvalue weighted by molar-refractivity contribution is 7.16. The molecule has 0 aliphatic heterocycles. The Balaban J connectivity index is 1.71. The zero-order valence-corrected chi connectivity index (χ0v) is 14.1. The monoisotopic (exact) mass is 326 g/mol. The maximum Gasteiger partial charge on any atom is 0.269 e. The van der Waals surface area contributed by atoms with Gasteiger partial charge in [0.25, 0.3) is 5.91 Å². The normalized spacial score (nSPS) is 11.4. The summed E-state index contributed by atoms with van der Waals surface area (Å²) in [5.74, 6) is 0.392. The molecule has 0 radical (unpaired) electrons. The molecule has 0 aliphatic rings. The molecule has 2 heterocycles. The first kappa shape index (κ1) is 15.4. The van der Waals surface area contributed by atoms with Crippen molar-refractivity contribution in [2.24, 2.45) is 0 Å². The van der Waals surface area contributed by atoms with E-state index in [-0.39, 0.29) is 11.3 Å². The highest BCUT2D eigenvalue weighted by atomic mass is 32.1. The maximum atomic E-state index is 12.2. The van der Waals surface area contributed by atoms with Crippen LogP contribution in [0, 0.1) is 0 Å². The molecule has 118 valence electrons. The van der Waals surface area contributed by atoms with Crippen LogP contribution in [0.5, 0.6) is 0 Å². The minimum absolute atomic E-state index is 0.0682. The average molecular weight is 326 g/mol. The van der Waals surface area contributed by atoms with Crippen molar-refractivity contribution in [1.82, 2.24) is 15.4 Å². The van der Waals surface area contributed by atoms with E-state index in [1.807, 2.05) is 35.7 Å². The second kappa shape index (κ2) is 5.96. The smallest absolute Gasteiger partial charge is 0.269 e. The number of nitrogens with zero attached hydrogens (tertiary/aromatic N) is 2. The SMILES string of the molecule is CC(C)(C)c1ccc(C(=O)NNc2ncnc3sccc23)cc1. The average Bonchev–Trinajstić information content (AvgIpc) is 3.01. The van der Waals surface area contributed by atoms with Gasteiger partial charge < -0.3 is 0 Å². The Kier molecular flexibility index (Phi) is 4.00. The van der Waals surface area contributed by atoms with Gasteiger partial charge in [-0.3, -0.25) is 15.6 Å². The van der Waals surface area contributed by atoms with E-state index in [0.717, 1.165) is 10.2 Å². The van der Waals surface area contributed by atoms with Gasteiger partial charge in [-0.15, -0.1) is 11.3 Å². The quantitative estimate of drug-likeness (QED) is 0.719. The van der Waals surface area contributed by atoms with Crippen molar-refractivity contribution >= 4 is 33.3 Å². The summed E-state index contributed by atoms with van der Waals surface area (Å²) in [7, 11) is 0. The van der Waals surface area contributed by atoms with Gasteiger partial charge in [0.2, 0.25) is 0 Å². The third-order valence-electron chi connectivity index (χ3n) is 3.57. The fourth-order valence-corrected chi connectivity index (χ4v) is 2.93. The Bertz CT molecular complexity index is 834. The summed E-state index contributed by atoms with van der Waals surface area (Å²) in [5.41, 5.74) is 7.41. The van der Waals surface area contributed by atoms with Gasteiger partial charge in [-0.25, -0.2) is 9.97 Å². The Morgan fingerprint density at radius 1 is 1.09 bits per heavy atom. The number of aromatic nitrogens is 2. The molecule has 3 rings (SSSR count). The molecule has 2 N–H and O–H groups in total. The lowest BCUT2D eigenvalue weighted by Gasteiger charge is -2.19. The summed E-state index contributed by atoms with van der Waals surface area (Å²) >= 11 is 1.53. The molecule has 6 heteroatoms. The number of rotatable bonds is 3. The molecule has 23 heavy (non-hydrogen) atoms. The number of benzene rings is 1. The van der Waals surface area contributed by atoms with Crippen molar-refractivity contribution in [1.29, 1.82) is 0 Å². The second-order valence-electron chi connectivity index (χ2n) is 6.27. The lowest BCUT2D eigenvalue weighted by molar-refractivity contribution is 0.0962. The number of hydrogen-bond acceptors (Lipinski definition) is 5. The highest BCUT2D eigenvalue weighted by Gasteiger charge is 2.14. The van der Waals surface area contributed by atoms with Crippen LogP contribution in [-0.2, 0) is 5.41 Å². The molecule has 0 spiro atoms. The third kappa shape index (κ3) is 3.32. The van der Waals surface area contributed by atoms with Crippen molar-refractivity contribution < 1.29 is 4.79 Å². The van der Waals surface area contributed by atoms with Crippen molar-refractivity contribution in [3.8, 4) is 0 Å². The molecule has 0 atom stereocenters. The number of fused-ring (bicyclic) bond motifs is 1. The van der Waals surface area contributed by atoms with E-state index in [9.17, 15) is 4.79 Å². The first-order valence-corrected chi connectivity index (χ1v) is 8.18. The zero-order valence-electron chi connectivity index (χ0n) is 13.3. The van der Waals surface area contributed by atoms with Crippen LogP contribution in [0.15, 0.2) is 42.0 Å². The van der Waals surface area contributed by atoms with Gasteiger partial charge in [-0.1, -0.05) is 32.9 Å². The first-order chi connectivity index (χ1) is 10.9. The van der Waals surface area contributed by atoms with E-state index >= 15 is 0 Å². The number of carbonyl (C=O) groups excluding carboxylic acids is 1. The number of hydrogen-bond donors (Lipinski definition) is 2. The van der Waals surface area contributed by atoms with E-state index in [2.05, 4.69) is 41.6 Å². The van der Waals surface area contributed by atoms with Crippen molar-refractivity contribution in [3.05, 3.63) is 53.2 Å². The van der Waals surface area contributed by atoms with Crippen LogP contribution in [-0.4, -0.2) is 15.9 Å². The number of anilines is 1. The Labute approximate surface area is 138 Å². The predicted octanol–water partition coefficient (Wildman–Crippen LogP) is 3.75. The van der Waals surface area contributed by atoms with Crippen LogP contribution in [0.1, 0.15) is 36.7 Å². The van der Waals surface area contributed by atoms with Gasteiger partial charge in [0.05, 0.1) is 5.39 Å². The van der Waals surface area contributed by atoms with Crippen molar-refractivity contribution in [2.75, 3.05) is 5.43 Å². The summed E-state index contributed by atoms with van der Waals surface area (Å²) in [6.07, 6.45) is 1.48. The molecule has 3 aromatic rings. The maximum absolute atomic E-state index is 12.2. The molecule has 0 saturated heterocycles. The number of thiophene rings is 1. The van der Waals surface area contributed by atoms with E-state index in [4.69, 9.17) is 0 Å². The molecular formula is C17H18N4OS. The molecule has 0 unspecified atom stereocenters. The summed E-state index contributed by atoms with van der Waals surface area (Å²) in [6.45, 7) is 6.43. The Morgan fingerprint density at radius 2 is 1.83 bits per heavy atom. The van der Waals surface area contributed by atoms with E-state index in [0.29, 0.717) is 11.4 Å². The van der Waals surface area contributed by atoms with E-state index in [1.54, 1.807) is 0 Å². The fraction of sp³-hybridized carbons (Fsp3) is 0.235. The summed E-state index contributed by atoms with van der Waals surface area (Å²) in [6, 6.07) is 9.55. The van der Waals surface area contributed by atoms with Gasteiger partial charge >= 0.3 is 0 Å². The van der Waals surface area contributed by atoms with Crippen LogP contribution < -0.4 is 10.9 Å². The topological polar surface area (TPSA) is 66.9 Å². The van der Waals surface area contributed by atoms with Crippen molar-refractivity contribution in [2.45, 2.75) is 26.2 Å². The van der Waals surface area contributed by atoms with Crippen LogP contribution in [0.25, 0.3) is 10.2 Å². The number of nitrogens with one attached hydrogen (secondary N) is 2. The van der Waals surface area contributed by atoms with Crippen molar-refractivity contribution in [3.63, 3.8) is 0 Å². The van der Waals surface area contributed by atoms with Gasteiger partial charge in [0.15, 0.2) is 5.82 Å². The van der Waals surface area contributed by atoms with E-state index < -0.39 is 0 Å². The number of carbonyl (C=O) groups is 1. The summed E-state index contributed by atoms with van der Waals surface area (Å²) in [5, 5.41) is 2.83. The van der Waals surface area contributed by atoms with Crippen LogP contribution in [0.2, 0.25) is 0 Å². The first-order valence-electron chi connectivity index (χ1n) is 7.30. The molecule has 5 nitrogen and oxygen atoms in total. The van der Waals surface area contributed by atoms with Gasteiger partial charge in [0, 0.05) is 5.56 Å². The third-order valence-corrected chi connectivity index (χ3v) is 4.39. The lowest BCUT2D eigenvalue weighted by Crippen LogP contribution is -2.30. The van der Waals surface area contributed by atoms with Crippen LogP contribution >= 0.6 is 11.3 Å². The molecule has 1 aromatic carbocycles. The van der Waals surface area contributed by atoms with E-state index in [1.165, 1.54) is 23.2 Å².